The summed E-state index contributed by atoms with van der Waals surface area (Å²) in [6.45, 7) is 2.25. The van der Waals surface area contributed by atoms with E-state index in [0.29, 0.717) is 29.2 Å². The molecule has 0 radical (unpaired) electrons. The Hall–Kier alpha value is -3.83. The van der Waals surface area contributed by atoms with Crippen LogP contribution in [0.25, 0.3) is 6.08 Å². The van der Waals surface area contributed by atoms with E-state index in [4.69, 9.17) is 18.9 Å². The first-order valence-corrected chi connectivity index (χ1v) is 11.5. The van der Waals surface area contributed by atoms with Crippen LogP contribution in [0.15, 0.2) is 48.0 Å². The highest BCUT2D eigenvalue weighted by atomic mass is 16.6. The first kappa shape index (κ1) is 25.8. The van der Waals surface area contributed by atoms with Crippen LogP contribution in [0.2, 0.25) is 0 Å². The Bertz CT molecular complexity index is 1080. The van der Waals surface area contributed by atoms with Gasteiger partial charge in [0.15, 0.2) is 11.5 Å². The average Bonchev–Trinajstić information content (AvgIpc) is 2.91. The van der Waals surface area contributed by atoms with E-state index >= 15 is 0 Å². The maximum Gasteiger partial charge on any atom is 0.348 e. The number of piperidine rings is 1. The fourth-order valence-electron chi connectivity index (χ4n) is 3.68. The number of esters is 1. The molecule has 184 valence electrons. The lowest BCUT2D eigenvalue weighted by Gasteiger charge is -2.26. The molecule has 2 aromatic rings. The van der Waals surface area contributed by atoms with Gasteiger partial charge in [-0.1, -0.05) is 18.2 Å². The highest BCUT2D eigenvalue weighted by Gasteiger charge is 2.18. The van der Waals surface area contributed by atoms with Gasteiger partial charge in [-0.15, -0.1) is 0 Å². The number of likely N-dealkylation sites (tertiary alicyclic amines) is 1. The molecule has 0 spiro atoms. The Labute approximate surface area is 205 Å². The van der Waals surface area contributed by atoms with Gasteiger partial charge < -0.3 is 23.8 Å². The van der Waals surface area contributed by atoms with Gasteiger partial charge in [0.05, 0.1) is 13.7 Å². The molecule has 35 heavy (non-hydrogen) atoms. The van der Waals surface area contributed by atoms with Crippen molar-refractivity contribution in [1.29, 1.82) is 5.26 Å². The van der Waals surface area contributed by atoms with E-state index in [2.05, 4.69) is 0 Å². The lowest BCUT2D eigenvalue weighted by Crippen LogP contribution is -2.35. The fraction of sp³-hybridized carbons (Fsp3) is 0.370. The zero-order valence-electron chi connectivity index (χ0n) is 20.1. The fourth-order valence-corrected chi connectivity index (χ4v) is 3.68. The number of nitrogens with zero attached hydrogens (tertiary/aromatic N) is 2. The van der Waals surface area contributed by atoms with Gasteiger partial charge >= 0.3 is 5.97 Å². The Morgan fingerprint density at radius 2 is 1.74 bits per heavy atom. The quantitative estimate of drug-likeness (QED) is 0.220. The molecule has 0 bridgehead atoms. The topological polar surface area (TPSA) is 98.1 Å². The molecule has 1 aliphatic heterocycles. The van der Waals surface area contributed by atoms with Crippen LogP contribution in [-0.4, -0.2) is 57.3 Å². The molecule has 0 aliphatic carbocycles. The molecule has 1 fully saturated rings. The van der Waals surface area contributed by atoms with Gasteiger partial charge in [-0.3, -0.25) is 4.79 Å². The minimum atomic E-state index is -0.717. The molecular formula is C27H30N2O6. The van der Waals surface area contributed by atoms with Crippen molar-refractivity contribution in [3.8, 4) is 17.6 Å². The molecule has 2 aromatic carbocycles. The first-order valence-electron chi connectivity index (χ1n) is 11.5. The highest BCUT2D eigenvalue weighted by Crippen LogP contribution is 2.30. The van der Waals surface area contributed by atoms with E-state index in [1.54, 1.807) is 18.2 Å². The van der Waals surface area contributed by atoms with Crippen molar-refractivity contribution in [3.63, 3.8) is 0 Å². The van der Waals surface area contributed by atoms with E-state index in [0.717, 1.165) is 31.5 Å². The van der Waals surface area contributed by atoms with Gasteiger partial charge in [-0.05, 0) is 60.7 Å². The predicted molar refractivity (Wildman–Crippen MR) is 130 cm³/mol. The maximum atomic E-state index is 12.6. The van der Waals surface area contributed by atoms with Crippen LogP contribution in [0.1, 0.15) is 40.7 Å². The molecule has 0 atom stereocenters. The van der Waals surface area contributed by atoms with E-state index in [1.165, 1.54) is 26.7 Å². The van der Waals surface area contributed by atoms with Crippen molar-refractivity contribution in [2.75, 3.05) is 40.5 Å². The van der Waals surface area contributed by atoms with Crippen molar-refractivity contribution >= 4 is 18.0 Å². The molecule has 0 saturated carbocycles. The van der Waals surface area contributed by atoms with Crippen LogP contribution < -0.4 is 9.47 Å². The number of nitriles is 1. The predicted octanol–water partition coefficient (Wildman–Crippen LogP) is 4.00. The molecular weight excluding hydrogens is 448 g/mol. The Balaban J connectivity index is 1.63. The summed E-state index contributed by atoms with van der Waals surface area (Å²) in [4.78, 5) is 26.6. The molecule has 3 rings (SSSR count). The van der Waals surface area contributed by atoms with Gasteiger partial charge in [-0.2, -0.15) is 5.26 Å². The van der Waals surface area contributed by atoms with E-state index in [9.17, 15) is 14.9 Å². The zero-order chi connectivity index (χ0) is 25.0. The summed E-state index contributed by atoms with van der Waals surface area (Å²) in [5.74, 6) is 0.327. The van der Waals surface area contributed by atoms with Crippen molar-refractivity contribution in [2.45, 2.75) is 25.9 Å². The molecule has 0 unspecified atom stereocenters. The summed E-state index contributed by atoms with van der Waals surface area (Å²) in [6.07, 6.45) is 4.73. The third kappa shape index (κ3) is 7.33. The van der Waals surface area contributed by atoms with Crippen molar-refractivity contribution < 1.29 is 28.5 Å². The van der Waals surface area contributed by atoms with Crippen LogP contribution in [0.5, 0.6) is 11.5 Å². The number of rotatable bonds is 10. The minimum Gasteiger partial charge on any atom is -0.493 e. The van der Waals surface area contributed by atoms with Crippen LogP contribution in [0.4, 0.5) is 0 Å². The molecule has 0 N–H and O–H groups in total. The number of ether oxygens (including phenoxy) is 4. The molecule has 1 aliphatic rings. The number of carbonyl (C=O) groups is 2. The summed E-state index contributed by atoms with van der Waals surface area (Å²) in [5, 5.41) is 9.30. The van der Waals surface area contributed by atoms with E-state index in [1.807, 2.05) is 35.2 Å². The largest absolute Gasteiger partial charge is 0.493 e. The summed E-state index contributed by atoms with van der Waals surface area (Å²) in [6, 6.07) is 14.4. The standard InChI is InChI=1S/C27H30N2O6/c1-32-14-15-34-27(31)23(18-28)16-21-8-11-24(25(17-21)33-2)35-19-20-6-9-22(10-7-20)26(30)29-12-4-3-5-13-29/h6-11,16-17H,3-5,12-15,19H2,1-2H3/b23-16+. The van der Waals surface area contributed by atoms with Gasteiger partial charge in [-0.25, -0.2) is 4.79 Å². The number of amides is 1. The first-order chi connectivity index (χ1) is 17.0. The molecule has 8 heteroatoms. The van der Waals surface area contributed by atoms with Crippen molar-refractivity contribution in [1.82, 2.24) is 4.90 Å². The monoisotopic (exact) mass is 478 g/mol. The number of benzene rings is 2. The smallest absolute Gasteiger partial charge is 0.348 e. The maximum absolute atomic E-state index is 12.6. The second-order valence-electron chi connectivity index (χ2n) is 8.05. The van der Waals surface area contributed by atoms with E-state index < -0.39 is 5.97 Å². The summed E-state index contributed by atoms with van der Waals surface area (Å²) in [7, 11) is 3.01. The number of carbonyl (C=O) groups excluding carboxylic acids is 2. The Morgan fingerprint density at radius 3 is 2.40 bits per heavy atom. The van der Waals surface area contributed by atoms with Crippen LogP contribution in [-0.2, 0) is 20.9 Å². The third-order valence-electron chi connectivity index (χ3n) is 5.60. The van der Waals surface area contributed by atoms with Crippen LogP contribution in [0, 0.1) is 11.3 Å². The lowest BCUT2D eigenvalue weighted by molar-refractivity contribution is -0.139. The van der Waals surface area contributed by atoms with Crippen LogP contribution >= 0.6 is 0 Å². The van der Waals surface area contributed by atoms with Gasteiger partial charge in [0.1, 0.15) is 24.9 Å². The molecule has 0 aromatic heterocycles. The van der Waals surface area contributed by atoms with Crippen molar-refractivity contribution in [2.24, 2.45) is 0 Å². The van der Waals surface area contributed by atoms with E-state index in [-0.39, 0.29) is 24.7 Å². The van der Waals surface area contributed by atoms with Crippen LogP contribution in [0.3, 0.4) is 0 Å². The molecule has 1 heterocycles. The zero-order valence-corrected chi connectivity index (χ0v) is 20.1. The minimum absolute atomic E-state index is 0.0673. The normalized spacial score (nSPS) is 13.6. The summed E-state index contributed by atoms with van der Waals surface area (Å²) in [5.41, 5.74) is 2.06. The summed E-state index contributed by atoms with van der Waals surface area (Å²) < 4.78 is 21.2. The number of methoxy groups -OCH3 is 2. The number of hydrogen-bond acceptors (Lipinski definition) is 7. The Morgan fingerprint density at radius 1 is 1.00 bits per heavy atom. The lowest BCUT2D eigenvalue weighted by atomic mass is 10.1. The summed E-state index contributed by atoms with van der Waals surface area (Å²) >= 11 is 0. The highest BCUT2D eigenvalue weighted by molar-refractivity contribution is 5.98. The molecule has 1 saturated heterocycles. The van der Waals surface area contributed by atoms with Gasteiger partial charge in [0.2, 0.25) is 0 Å². The SMILES string of the molecule is COCCOC(=O)/C(C#N)=C/c1ccc(OCc2ccc(C(=O)N3CCCCC3)cc2)c(OC)c1. The molecule has 1 amide bonds. The average molecular weight is 479 g/mol. The second kappa shape index (κ2) is 13.2. The molecule has 8 nitrogen and oxygen atoms in total. The van der Waals surface area contributed by atoms with Crippen molar-refractivity contribution in [3.05, 3.63) is 64.7 Å². The third-order valence-corrected chi connectivity index (χ3v) is 5.60. The van der Waals surface area contributed by atoms with Gasteiger partial charge in [0.25, 0.3) is 5.91 Å². The van der Waals surface area contributed by atoms with Gasteiger partial charge in [0, 0.05) is 25.8 Å². The second-order valence-corrected chi connectivity index (χ2v) is 8.05. The number of hydrogen-bond donors (Lipinski definition) is 0. The Kier molecular flexibility index (Phi) is 9.69.